The molecule has 9 nitrogen and oxygen atoms in total. The van der Waals surface area contributed by atoms with Gasteiger partial charge in [0, 0.05) is 22.5 Å². The van der Waals surface area contributed by atoms with Crippen molar-refractivity contribution in [2.75, 3.05) is 32.8 Å². The summed E-state index contributed by atoms with van der Waals surface area (Å²) in [5.41, 5.74) is 3.28. The van der Waals surface area contributed by atoms with Gasteiger partial charge in [0.25, 0.3) is 0 Å². The Morgan fingerprint density at radius 3 is 2.12 bits per heavy atom. The highest BCUT2D eigenvalue weighted by Crippen LogP contribution is 2.57. The number of rotatable bonds is 7. The number of aromatic nitrogens is 1. The van der Waals surface area contributed by atoms with E-state index in [0.29, 0.717) is 34.2 Å². The van der Waals surface area contributed by atoms with Crippen molar-refractivity contribution in [2.45, 2.75) is 18.8 Å². The minimum atomic E-state index is -0.995. The topological polar surface area (TPSA) is 107 Å². The molecule has 1 saturated heterocycles. The monoisotopic (exact) mass is 554 g/mol. The van der Waals surface area contributed by atoms with Gasteiger partial charge < -0.3 is 23.9 Å². The number of para-hydroxylation sites is 2. The molecule has 2 amide bonds. The Hall–Kier alpha value is -4.79. The average Bonchev–Trinajstić information content (AvgIpc) is 3.50. The lowest BCUT2D eigenvalue weighted by atomic mass is 9.64. The SMILES string of the molecule is CCOC(=O)[C@@H]1c2[nH]c3ccccc3c2[C@@H](c2cc(OC)c(OC)c(OC)c2)[C@H]2C(=O)N(c3ccccc3)C(=O)[C@H]21. The standard InChI is InChI=1S/C32H30N2O7/c1-5-41-32(37)27-26-25(30(35)34(31(26)36)18-11-7-6-8-12-18)23(24-19-13-9-10-14-20(19)33-28(24)27)17-15-21(38-2)29(40-4)22(16-17)39-3/h6-16,23,25-27,33H,5H2,1-4H3/t23-,25-,26-,27+/m1/s1. The number of benzene rings is 3. The molecule has 2 heterocycles. The van der Waals surface area contributed by atoms with Crippen LogP contribution < -0.4 is 19.1 Å². The Kier molecular flexibility index (Phi) is 6.65. The van der Waals surface area contributed by atoms with Gasteiger partial charge >= 0.3 is 5.97 Å². The quantitative estimate of drug-likeness (QED) is 0.259. The normalized spacial score (nSPS) is 21.4. The first-order chi connectivity index (χ1) is 19.9. The van der Waals surface area contributed by atoms with Crippen molar-refractivity contribution in [3.8, 4) is 17.2 Å². The van der Waals surface area contributed by atoms with E-state index in [1.54, 1.807) is 31.2 Å². The highest BCUT2D eigenvalue weighted by Gasteiger charge is 2.61. The van der Waals surface area contributed by atoms with Crippen molar-refractivity contribution < 1.29 is 33.3 Å². The van der Waals surface area contributed by atoms with Gasteiger partial charge in [-0.1, -0.05) is 36.4 Å². The fourth-order valence-corrected chi connectivity index (χ4v) is 6.52. The summed E-state index contributed by atoms with van der Waals surface area (Å²) in [4.78, 5) is 46.9. The van der Waals surface area contributed by atoms with Crippen LogP contribution in [-0.4, -0.2) is 50.7 Å². The van der Waals surface area contributed by atoms with Gasteiger partial charge in [-0.25, -0.2) is 4.90 Å². The van der Waals surface area contributed by atoms with Crippen LogP contribution in [0.1, 0.15) is 35.6 Å². The summed E-state index contributed by atoms with van der Waals surface area (Å²) in [6.07, 6.45) is 0. The Balaban J connectivity index is 1.66. The predicted octanol–water partition coefficient (Wildman–Crippen LogP) is 4.79. The van der Waals surface area contributed by atoms with E-state index < -0.39 is 35.5 Å². The zero-order valence-electron chi connectivity index (χ0n) is 23.2. The Labute approximate surface area is 237 Å². The number of hydrogen-bond acceptors (Lipinski definition) is 7. The Morgan fingerprint density at radius 2 is 1.49 bits per heavy atom. The Bertz CT molecular complexity index is 1640. The lowest BCUT2D eigenvalue weighted by Gasteiger charge is -2.36. The Morgan fingerprint density at radius 1 is 0.854 bits per heavy atom. The van der Waals surface area contributed by atoms with Crippen molar-refractivity contribution in [1.29, 1.82) is 0 Å². The third-order valence-corrected chi connectivity index (χ3v) is 8.12. The molecular weight excluding hydrogens is 524 g/mol. The van der Waals surface area contributed by atoms with Crippen LogP contribution in [0.5, 0.6) is 17.2 Å². The fraction of sp³-hybridized carbons (Fsp3) is 0.281. The molecule has 2 aliphatic rings. The van der Waals surface area contributed by atoms with Crippen molar-refractivity contribution in [3.63, 3.8) is 0 Å². The molecule has 41 heavy (non-hydrogen) atoms. The predicted molar refractivity (Wildman–Crippen MR) is 152 cm³/mol. The van der Waals surface area contributed by atoms with Gasteiger partial charge in [-0.2, -0.15) is 0 Å². The number of anilines is 1. The van der Waals surface area contributed by atoms with Gasteiger partial charge in [-0.3, -0.25) is 14.4 Å². The molecule has 0 radical (unpaired) electrons. The summed E-state index contributed by atoms with van der Waals surface area (Å²) in [5, 5.41) is 0.854. The molecule has 1 aromatic heterocycles. The number of hydrogen-bond donors (Lipinski definition) is 1. The first kappa shape index (κ1) is 26.4. The van der Waals surface area contributed by atoms with Gasteiger partial charge in [-0.05, 0) is 48.4 Å². The number of imide groups is 1. The molecule has 4 atom stereocenters. The number of esters is 1. The number of carbonyl (C=O) groups is 3. The molecule has 6 rings (SSSR count). The number of methoxy groups -OCH3 is 3. The zero-order valence-corrected chi connectivity index (χ0v) is 23.2. The number of fused-ring (bicyclic) bond motifs is 4. The summed E-state index contributed by atoms with van der Waals surface area (Å²) in [5.74, 6) is -3.61. The molecule has 0 unspecified atom stereocenters. The second-order valence-corrected chi connectivity index (χ2v) is 10.1. The summed E-state index contributed by atoms with van der Waals surface area (Å²) >= 11 is 0. The van der Waals surface area contributed by atoms with E-state index in [9.17, 15) is 14.4 Å². The average molecular weight is 555 g/mol. The smallest absolute Gasteiger partial charge is 0.315 e. The number of H-pyrrole nitrogens is 1. The van der Waals surface area contributed by atoms with Crippen LogP contribution in [0.15, 0.2) is 66.7 Å². The van der Waals surface area contributed by atoms with Crippen molar-refractivity contribution in [2.24, 2.45) is 11.8 Å². The maximum atomic E-state index is 14.4. The minimum Gasteiger partial charge on any atom is -0.493 e. The first-order valence-corrected chi connectivity index (χ1v) is 13.4. The van der Waals surface area contributed by atoms with Crippen molar-refractivity contribution in [3.05, 3.63) is 83.6 Å². The van der Waals surface area contributed by atoms with Crippen LogP contribution in [0.25, 0.3) is 10.9 Å². The molecule has 1 fully saturated rings. The molecule has 4 aromatic rings. The second-order valence-electron chi connectivity index (χ2n) is 10.1. The van der Waals surface area contributed by atoms with Gasteiger partial charge in [-0.15, -0.1) is 0 Å². The van der Waals surface area contributed by atoms with E-state index in [-0.39, 0.29) is 12.5 Å². The van der Waals surface area contributed by atoms with Gasteiger partial charge in [0.15, 0.2) is 11.5 Å². The molecule has 1 aliphatic heterocycles. The highest BCUT2D eigenvalue weighted by atomic mass is 16.5. The van der Waals surface area contributed by atoms with E-state index >= 15 is 0 Å². The number of nitrogens with one attached hydrogen (secondary N) is 1. The number of carbonyl (C=O) groups excluding carboxylic acids is 3. The summed E-state index contributed by atoms with van der Waals surface area (Å²) in [6.45, 7) is 1.87. The minimum absolute atomic E-state index is 0.142. The molecular formula is C32H30N2O7. The molecule has 0 bridgehead atoms. The second kappa shape index (κ2) is 10.3. The molecule has 0 saturated carbocycles. The van der Waals surface area contributed by atoms with E-state index in [0.717, 1.165) is 16.5 Å². The molecule has 1 aliphatic carbocycles. The first-order valence-electron chi connectivity index (χ1n) is 13.4. The molecule has 1 N–H and O–H groups in total. The third-order valence-electron chi connectivity index (χ3n) is 8.12. The van der Waals surface area contributed by atoms with Crippen LogP contribution in [0.4, 0.5) is 5.69 Å². The van der Waals surface area contributed by atoms with Crippen molar-refractivity contribution >= 4 is 34.4 Å². The number of aromatic amines is 1. The van der Waals surface area contributed by atoms with Gasteiger partial charge in [0.1, 0.15) is 5.92 Å². The van der Waals surface area contributed by atoms with Crippen molar-refractivity contribution in [1.82, 2.24) is 4.98 Å². The van der Waals surface area contributed by atoms with E-state index in [2.05, 4.69) is 4.98 Å². The zero-order chi connectivity index (χ0) is 28.8. The maximum Gasteiger partial charge on any atom is 0.315 e. The van der Waals surface area contributed by atoms with Crippen LogP contribution in [0, 0.1) is 11.8 Å². The summed E-state index contributed by atoms with van der Waals surface area (Å²) in [6, 6.07) is 20.1. The van der Waals surface area contributed by atoms with E-state index in [1.165, 1.54) is 26.2 Å². The molecule has 0 spiro atoms. The van der Waals surface area contributed by atoms with Gasteiger partial charge in [0.05, 0.1) is 45.5 Å². The van der Waals surface area contributed by atoms with E-state index in [1.807, 2.05) is 42.5 Å². The van der Waals surface area contributed by atoms with Crippen LogP contribution in [0.2, 0.25) is 0 Å². The summed E-state index contributed by atoms with van der Waals surface area (Å²) in [7, 11) is 4.58. The lowest BCUT2D eigenvalue weighted by Crippen LogP contribution is -2.39. The molecule has 3 aromatic carbocycles. The maximum absolute atomic E-state index is 14.4. The van der Waals surface area contributed by atoms with Crippen LogP contribution in [0.3, 0.4) is 0 Å². The third kappa shape index (κ3) is 3.95. The highest BCUT2D eigenvalue weighted by molar-refractivity contribution is 6.24. The molecule has 210 valence electrons. The lowest BCUT2D eigenvalue weighted by molar-refractivity contribution is -0.149. The van der Waals surface area contributed by atoms with Crippen LogP contribution >= 0.6 is 0 Å². The van der Waals surface area contributed by atoms with E-state index in [4.69, 9.17) is 18.9 Å². The van der Waals surface area contributed by atoms with Gasteiger partial charge in [0.2, 0.25) is 17.6 Å². The summed E-state index contributed by atoms with van der Waals surface area (Å²) < 4.78 is 22.4. The number of nitrogens with zero attached hydrogens (tertiary/aromatic N) is 1. The number of ether oxygens (including phenoxy) is 4. The number of amides is 2. The molecule has 9 heteroatoms. The van der Waals surface area contributed by atoms with Crippen LogP contribution in [-0.2, 0) is 19.1 Å². The fourth-order valence-electron chi connectivity index (χ4n) is 6.52. The largest absolute Gasteiger partial charge is 0.493 e.